The topological polar surface area (TPSA) is 95.5 Å². The molecule has 0 aliphatic carbocycles. The SMILES string of the molecule is CC(=O)N[C@@H](C)C(=O)N[C@@H](CSC/C=C(\C)CC/C=C(\C)CCC=C(C)C)C(=O)O. The Morgan fingerprint density at radius 1 is 0.900 bits per heavy atom. The Balaban J connectivity index is 4.31. The van der Waals surface area contributed by atoms with Crippen molar-refractivity contribution in [3.05, 3.63) is 34.9 Å². The molecule has 30 heavy (non-hydrogen) atoms. The molecule has 2 atom stereocenters. The summed E-state index contributed by atoms with van der Waals surface area (Å²) in [5.74, 6) is -0.966. The molecule has 0 aromatic rings. The number of aliphatic carboxylic acids is 1. The summed E-state index contributed by atoms with van der Waals surface area (Å²) in [7, 11) is 0. The van der Waals surface area contributed by atoms with E-state index >= 15 is 0 Å². The van der Waals surface area contributed by atoms with Crippen LogP contribution in [0.4, 0.5) is 0 Å². The average molecular weight is 439 g/mol. The van der Waals surface area contributed by atoms with Gasteiger partial charge in [0.05, 0.1) is 0 Å². The largest absolute Gasteiger partial charge is 0.480 e. The third kappa shape index (κ3) is 14.9. The van der Waals surface area contributed by atoms with Crippen LogP contribution in [0.5, 0.6) is 0 Å². The van der Waals surface area contributed by atoms with Gasteiger partial charge in [0.2, 0.25) is 11.8 Å². The standard InChI is InChI=1S/C23H38N2O4S/c1-16(2)9-7-10-17(3)11-8-12-18(4)13-14-30-15-21(23(28)29)25-22(27)19(5)24-20(6)26/h9,11,13,19,21H,7-8,10,12,14-15H2,1-6H3,(H,24,26)(H,25,27)(H,28,29)/b17-11+,18-13+/t19-,21-/m0/s1. The van der Waals surface area contributed by atoms with E-state index in [2.05, 4.69) is 56.6 Å². The van der Waals surface area contributed by atoms with Gasteiger partial charge in [-0.25, -0.2) is 4.79 Å². The second-order valence-electron chi connectivity index (χ2n) is 7.82. The minimum Gasteiger partial charge on any atom is -0.480 e. The van der Waals surface area contributed by atoms with E-state index < -0.39 is 24.0 Å². The van der Waals surface area contributed by atoms with Gasteiger partial charge in [0.15, 0.2) is 0 Å². The second kappa shape index (κ2) is 15.8. The van der Waals surface area contributed by atoms with E-state index in [0.29, 0.717) is 5.75 Å². The maximum atomic E-state index is 12.0. The van der Waals surface area contributed by atoms with Crippen molar-refractivity contribution < 1.29 is 19.5 Å². The number of hydrogen-bond donors (Lipinski definition) is 3. The fourth-order valence-corrected chi connectivity index (χ4v) is 3.57. The van der Waals surface area contributed by atoms with Crippen LogP contribution in [0.15, 0.2) is 34.9 Å². The van der Waals surface area contributed by atoms with Gasteiger partial charge in [0.1, 0.15) is 12.1 Å². The Labute approximate surface area is 185 Å². The van der Waals surface area contributed by atoms with Crippen molar-refractivity contribution in [2.24, 2.45) is 0 Å². The van der Waals surface area contributed by atoms with Crippen LogP contribution in [-0.4, -0.2) is 46.5 Å². The molecule has 0 bridgehead atoms. The minimum absolute atomic E-state index is 0.265. The molecule has 0 radical (unpaired) electrons. The first-order chi connectivity index (χ1) is 14.0. The van der Waals surface area contributed by atoms with E-state index in [9.17, 15) is 19.5 Å². The predicted molar refractivity (Wildman–Crippen MR) is 126 cm³/mol. The number of allylic oxidation sites excluding steroid dienone is 5. The second-order valence-corrected chi connectivity index (χ2v) is 8.89. The maximum Gasteiger partial charge on any atom is 0.327 e. The van der Waals surface area contributed by atoms with Crippen LogP contribution in [-0.2, 0) is 14.4 Å². The fourth-order valence-electron chi connectivity index (χ4n) is 2.57. The molecule has 170 valence electrons. The summed E-state index contributed by atoms with van der Waals surface area (Å²) in [5, 5.41) is 14.2. The van der Waals surface area contributed by atoms with Crippen LogP contribution in [0.3, 0.4) is 0 Å². The van der Waals surface area contributed by atoms with E-state index in [4.69, 9.17) is 0 Å². The first-order valence-electron chi connectivity index (χ1n) is 10.4. The lowest BCUT2D eigenvalue weighted by Gasteiger charge is -2.17. The van der Waals surface area contributed by atoms with Crippen molar-refractivity contribution in [1.29, 1.82) is 0 Å². The molecule has 0 aromatic heterocycles. The highest BCUT2D eigenvalue weighted by Crippen LogP contribution is 2.13. The van der Waals surface area contributed by atoms with Gasteiger partial charge in [-0.15, -0.1) is 0 Å². The van der Waals surface area contributed by atoms with Crippen LogP contribution < -0.4 is 10.6 Å². The zero-order valence-electron chi connectivity index (χ0n) is 19.2. The van der Waals surface area contributed by atoms with Gasteiger partial charge in [-0.2, -0.15) is 11.8 Å². The highest BCUT2D eigenvalue weighted by Gasteiger charge is 2.23. The van der Waals surface area contributed by atoms with Crippen molar-refractivity contribution in [2.45, 2.75) is 79.3 Å². The summed E-state index contributed by atoms with van der Waals surface area (Å²) in [5.41, 5.74) is 4.03. The number of amides is 2. The van der Waals surface area contributed by atoms with Crippen molar-refractivity contribution in [3.63, 3.8) is 0 Å². The van der Waals surface area contributed by atoms with Gasteiger partial charge in [-0.3, -0.25) is 9.59 Å². The Bertz CT molecular complexity index is 664. The lowest BCUT2D eigenvalue weighted by atomic mass is 10.1. The number of carboxylic acids is 1. The zero-order valence-corrected chi connectivity index (χ0v) is 20.0. The summed E-state index contributed by atoms with van der Waals surface area (Å²) in [6, 6.07) is -1.76. The van der Waals surface area contributed by atoms with Crippen molar-refractivity contribution in [2.75, 3.05) is 11.5 Å². The van der Waals surface area contributed by atoms with Crippen molar-refractivity contribution >= 4 is 29.5 Å². The molecular formula is C23H38N2O4S. The normalized spacial score (nSPS) is 13.9. The summed E-state index contributed by atoms with van der Waals surface area (Å²) in [4.78, 5) is 34.4. The molecule has 0 aromatic carbocycles. The molecule has 0 rings (SSSR count). The number of thioether (sulfide) groups is 1. The van der Waals surface area contributed by atoms with Gasteiger partial charge in [0.25, 0.3) is 0 Å². The van der Waals surface area contributed by atoms with Crippen molar-refractivity contribution in [3.8, 4) is 0 Å². The molecule has 0 heterocycles. The van der Waals surface area contributed by atoms with Crippen molar-refractivity contribution in [1.82, 2.24) is 10.6 Å². The van der Waals surface area contributed by atoms with E-state index in [1.54, 1.807) is 0 Å². The molecule has 0 saturated heterocycles. The zero-order chi connectivity index (χ0) is 23.1. The van der Waals surface area contributed by atoms with E-state index in [-0.39, 0.29) is 11.7 Å². The summed E-state index contributed by atoms with van der Waals surface area (Å²) in [6.07, 6.45) is 10.8. The summed E-state index contributed by atoms with van der Waals surface area (Å²) < 4.78 is 0. The van der Waals surface area contributed by atoms with Crippen LogP contribution in [0, 0.1) is 0 Å². The Morgan fingerprint density at radius 3 is 2.00 bits per heavy atom. The van der Waals surface area contributed by atoms with Crippen LogP contribution in [0.2, 0.25) is 0 Å². The van der Waals surface area contributed by atoms with E-state index in [1.807, 2.05) is 0 Å². The van der Waals surface area contributed by atoms with Gasteiger partial charge >= 0.3 is 5.97 Å². The maximum absolute atomic E-state index is 12.0. The molecule has 0 saturated carbocycles. The average Bonchev–Trinajstić information content (AvgIpc) is 2.62. The third-order valence-electron chi connectivity index (χ3n) is 4.38. The summed E-state index contributed by atoms with van der Waals surface area (Å²) in [6.45, 7) is 11.3. The van der Waals surface area contributed by atoms with Gasteiger partial charge < -0.3 is 15.7 Å². The molecule has 3 N–H and O–H groups in total. The number of carboxylic acid groups (broad SMARTS) is 1. The van der Waals surface area contributed by atoms with Gasteiger partial charge in [-0.1, -0.05) is 34.9 Å². The molecule has 7 heteroatoms. The molecule has 2 amide bonds. The number of carbonyl (C=O) groups excluding carboxylic acids is 2. The van der Waals surface area contributed by atoms with Crippen LogP contribution in [0.1, 0.15) is 67.2 Å². The molecule has 0 fully saturated rings. The minimum atomic E-state index is -1.08. The highest BCUT2D eigenvalue weighted by atomic mass is 32.2. The van der Waals surface area contributed by atoms with E-state index in [0.717, 1.165) is 25.7 Å². The number of hydrogen-bond acceptors (Lipinski definition) is 4. The summed E-state index contributed by atoms with van der Waals surface area (Å²) >= 11 is 1.46. The lowest BCUT2D eigenvalue weighted by Crippen LogP contribution is -2.50. The van der Waals surface area contributed by atoms with Gasteiger partial charge in [0, 0.05) is 18.4 Å². The van der Waals surface area contributed by atoms with Crippen LogP contribution in [0.25, 0.3) is 0 Å². The van der Waals surface area contributed by atoms with Crippen LogP contribution >= 0.6 is 11.8 Å². The Morgan fingerprint density at radius 2 is 1.47 bits per heavy atom. The highest BCUT2D eigenvalue weighted by molar-refractivity contribution is 7.99. The van der Waals surface area contributed by atoms with Gasteiger partial charge in [-0.05, 0) is 60.3 Å². The molecule has 6 nitrogen and oxygen atoms in total. The first kappa shape index (κ1) is 28.0. The number of nitrogens with one attached hydrogen (secondary N) is 2. The lowest BCUT2D eigenvalue weighted by molar-refractivity contribution is -0.141. The Kier molecular flexibility index (Phi) is 14.7. The number of carbonyl (C=O) groups is 3. The molecule has 0 unspecified atom stereocenters. The molecule has 0 aliphatic rings. The molecular weight excluding hydrogens is 400 g/mol. The Hall–Kier alpha value is -2.02. The molecule has 0 aliphatic heterocycles. The molecule has 0 spiro atoms. The smallest absolute Gasteiger partial charge is 0.327 e. The quantitative estimate of drug-likeness (QED) is 0.279. The monoisotopic (exact) mass is 438 g/mol. The fraction of sp³-hybridized carbons (Fsp3) is 0.609. The van der Waals surface area contributed by atoms with E-state index in [1.165, 1.54) is 42.3 Å². The number of rotatable bonds is 14. The first-order valence-corrected chi connectivity index (χ1v) is 11.5. The predicted octanol–water partition coefficient (Wildman–Crippen LogP) is 4.23. The third-order valence-corrected chi connectivity index (χ3v) is 5.36.